The van der Waals surface area contributed by atoms with E-state index in [4.69, 9.17) is 5.11 Å². The van der Waals surface area contributed by atoms with Crippen molar-refractivity contribution in [1.82, 2.24) is 0 Å². The Labute approximate surface area is 77.5 Å². The molecule has 1 N–H and O–H groups in total. The number of aliphatic carboxylic acids is 1. The topological polar surface area (TPSA) is 37.3 Å². The quantitative estimate of drug-likeness (QED) is 0.715. The lowest BCUT2D eigenvalue weighted by atomic mass is 9.96. The summed E-state index contributed by atoms with van der Waals surface area (Å²) in [6.45, 7) is 3.55. The van der Waals surface area contributed by atoms with Gasteiger partial charge in [-0.05, 0) is 12.0 Å². The molecule has 0 amide bonds. The summed E-state index contributed by atoms with van der Waals surface area (Å²) in [5, 5.41) is 8.91. The fourth-order valence-corrected chi connectivity index (χ4v) is 1.23. The summed E-state index contributed by atoms with van der Waals surface area (Å²) in [5.74, 6) is -1.26. The molecule has 0 saturated heterocycles. The SMILES string of the molecule is C=CC[C@H](C(=O)O)c1ccccc1. The minimum absolute atomic E-state index is 0.460. The van der Waals surface area contributed by atoms with Gasteiger partial charge in [-0.1, -0.05) is 36.4 Å². The number of allylic oxidation sites excluding steroid dienone is 1. The first kappa shape index (κ1) is 9.52. The van der Waals surface area contributed by atoms with Gasteiger partial charge in [-0.2, -0.15) is 0 Å². The Morgan fingerprint density at radius 1 is 1.46 bits per heavy atom. The Morgan fingerprint density at radius 2 is 2.08 bits per heavy atom. The summed E-state index contributed by atoms with van der Waals surface area (Å²) in [6, 6.07) is 9.20. The van der Waals surface area contributed by atoms with Crippen LogP contribution < -0.4 is 0 Å². The number of rotatable bonds is 4. The van der Waals surface area contributed by atoms with E-state index in [1.54, 1.807) is 6.08 Å². The standard InChI is InChI=1S/C11H12O2/c1-2-6-10(11(12)13)9-7-4-3-5-8-9/h2-5,7-8,10H,1,6H2,(H,12,13)/t10-/m0/s1. The van der Waals surface area contributed by atoms with Crippen LogP contribution in [0.1, 0.15) is 17.9 Å². The van der Waals surface area contributed by atoms with E-state index < -0.39 is 11.9 Å². The van der Waals surface area contributed by atoms with E-state index >= 15 is 0 Å². The number of carboxylic acids is 1. The average molecular weight is 176 g/mol. The van der Waals surface area contributed by atoms with Gasteiger partial charge in [0, 0.05) is 0 Å². The number of hydrogen-bond acceptors (Lipinski definition) is 1. The van der Waals surface area contributed by atoms with E-state index in [2.05, 4.69) is 6.58 Å². The lowest BCUT2D eigenvalue weighted by Crippen LogP contribution is -2.10. The molecule has 1 atom stereocenters. The van der Waals surface area contributed by atoms with Crippen molar-refractivity contribution >= 4 is 5.97 Å². The van der Waals surface area contributed by atoms with Gasteiger partial charge in [0.1, 0.15) is 0 Å². The predicted octanol–water partition coefficient (Wildman–Crippen LogP) is 2.43. The minimum Gasteiger partial charge on any atom is -0.481 e. The first-order valence-corrected chi connectivity index (χ1v) is 4.14. The predicted molar refractivity (Wildman–Crippen MR) is 51.6 cm³/mol. The molecular weight excluding hydrogens is 164 g/mol. The third-order valence-electron chi connectivity index (χ3n) is 1.90. The molecule has 1 rings (SSSR count). The highest BCUT2D eigenvalue weighted by molar-refractivity contribution is 5.76. The van der Waals surface area contributed by atoms with Crippen LogP contribution in [0.2, 0.25) is 0 Å². The molecule has 0 aliphatic carbocycles. The van der Waals surface area contributed by atoms with E-state index in [1.165, 1.54) is 0 Å². The molecule has 0 heterocycles. The van der Waals surface area contributed by atoms with E-state index in [0.717, 1.165) is 5.56 Å². The largest absolute Gasteiger partial charge is 0.481 e. The molecule has 13 heavy (non-hydrogen) atoms. The second-order valence-corrected chi connectivity index (χ2v) is 2.83. The van der Waals surface area contributed by atoms with Crippen molar-refractivity contribution in [2.75, 3.05) is 0 Å². The Bertz CT molecular complexity index is 290. The van der Waals surface area contributed by atoms with Crippen molar-refractivity contribution in [1.29, 1.82) is 0 Å². The maximum atomic E-state index is 10.8. The highest BCUT2D eigenvalue weighted by atomic mass is 16.4. The lowest BCUT2D eigenvalue weighted by molar-refractivity contribution is -0.138. The van der Waals surface area contributed by atoms with Crippen LogP contribution in [0.4, 0.5) is 0 Å². The summed E-state index contributed by atoms with van der Waals surface area (Å²) in [5.41, 5.74) is 0.829. The van der Waals surface area contributed by atoms with Crippen LogP contribution in [0.3, 0.4) is 0 Å². The molecule has 0 aliphatic heterocycles. The highest BCUT2D eigenvalue weighted by Crippen LogP contribution is 2.19. The first-order valence-electron chi connectivity index (χ1n) is 4.14. The zero-order valence-corrected chi connectivity index (χ0v) is 7.31. The third-order valence-corrected chi connectivity index (χ3v) is 1.90. The summed E-state index contributed by atoms with van der Waals surface area (Å²) in [4.78, 5) is 10.8. The zero-order chi connectivity index (χ0) is 9.68. The number of carbonyl (C=O) groups is 1. The molecule has 0 spiro atoms. The first-order chi connectivity index (χ1) is 6.25. The average Bonchev–Trinajstić information content (AvgIpc) is 2.15. The molecule has 68 valence electrons. The van der Waals surface area contributed by atoms with Gasteiger partial charge < -0.3 is 5.11 Å². The Morgan fingerprint density at radius 3 is 2.54 bits per heavy atom. The Balaban J connectivity index is 2.88. The van der Waals surface area contributed by atoms with Crippen LogP contribution in [-0.2, 0) is 4.79 Å². The number of benzene rings is 1. The Kier molecular flexibility index (Phi) is 3.26. The summed E-state index contributed by atoms with van der Waals surface area (Å²) in [6.07, 6.45) is 2.10. The molecule has 0 bridgehead atoms. The van der Waals surface area contributed by atoms with E-state index in [9.17, 15) is 4.79 Å². The van der Waals surface area contributed by atoms with Gasteiger partial charge in [0.15, 0.2) is 0 Å². The van der Waals surface area contributed by atoms with Gasteiger partial charge in [-0.3, -0.25) is 4.79 Å². The van der Waals surface area contributed by atoms with Crippen molar-refractivity contribution in [3.05, 3.63) is 48.6 Å². The van der Waals surface area contributed by atoms with Crippen LogP contribution in [0.25, 0.3) is 0 Å². The van der Waals surface area contributed by atoms with Gasteiger partial charge in [-0.25, -0.2) is 0 Å². The van der Waals surface area contributed by atoms with E-state index in [0.29, 0.717) is 6.42 Å². The van der Waals surface area contributed by atoms with Crippen LogP contribution >= 0.6 is 0 Å². The molecular formula is C11H12O2. The summed E-state index contributed by atoms with van der Waals surface area (Å²) in [7, 11) is 0. The maximum absolute atomic E-state index is 10.8. The fraction of sp³-hybridized carbons (Fsp3) is 0.182. The van der Waals surface area contributed by atoms with Crippen molar-refractivity contribution < 1.29 is 9.90 Å². The van der Waals surface area contributed by atoms with Crippen molar-refractivity contribution in [2.45, 2.75) is 12.3 Å². The molecule has 0 aromatic heterocycles. The zero-order valence-electron chi connectivity index (χ0n) is 7.31. The molecule has 2 heteroatoms. The number of hydrogen-bond donors (Lipinski definition) is 1. The van der Waals surface area contributed by atoms with Gasteiger partial charge in [0.25, 0.3) is 0 Å². The van der Waals surface area contributed by atoms with Crippen molar-refractivity contribution in [3.8, 4) is 0 Å². The van der Waals surface area contributed by atoms with Gasteiger partial charge in [0.2, 0.25) is 0 Å². The van der Waals surface area contributed by atoms with E-state index in [-0.39, 0.29) is 0 Å². The second-order valence-electron chi connectivity index (χ2n) is 2.83. The molecule has 0 saturated carbocycles. The van der Waals surface area contributed by atoms with Crippen LogP contribution in [0, 0.1) is 0 Å². The smallest absolute Gasteiger partial charge is 0.311 e. The molecule has 0 aliphatic rings. The lowest BCUT2D eigenvalue weighted by Gasteiger charge is -2.09. The molecule has 1 aromatic rings. The second kappa shape index (κ2) is 4.45. The van der Waals surface area contributed by atoms with Crippen molar-refractivity contribution in [3.63, 3.8) is 0 Å². The Hall–Kier alpha value is -1.57. The van der Waals surface area contributed by atoms with Crippen LogP contribution in [0.5, 0.6) is 0 Å². The van der Waals surface area contributed by atoms with Gasteiger partial charge in [0.05, 0.1) is 5.92 Å². The third kappa shape index (κ3) is 2.44. The molecule has 1 aromatic carbocycles. The summed E-state index contributed by atoms with van der Waals surface area (Å²) >= 11 is 0. The molecule has 0 unspecified atom stereocenters. The van der Waals surface area contributed by atoms with Gasteiger partial charge >= 0.3 is 5.97 Å². The maximum Gasteiger partial charge on any atom is 0.311 e. The molecule has 2 nitrogen and oxygen atoms in total. The molecule has 0 radical (unpaired) electrons. The normalized spacial score (nSPS) is 12.0. The highest BCUT2D eigenvalue weighted by Gasteiger charge is 2.16. The number of carboxylic acid groups (broad SMARTS) is 1. The van der Waals surface area contributed by atoms with Crippen LogP contribution in [0.15, 0.2) is 43.0 Å². The fourth-order valence-electron chi connectivity index (χ4n) is 1.23. The monoisotopic (exact) mass is 176 g/mol. The minimum atomic E-state index is -0.800. The van der Waals surface area contributed by atoms with Crippen molar-refractivity contribution in [2.24, 2.45) is 0 Å². The van der Waals surface area contributed by atoms with Crippen LogP contribution in [-0.4, -0.2) is 11.1 Å². The summed E-state index contributed by atoms with van der Waals surface area (Å²) < 4.78 is 0. The van der Waals surface area contributed by atoms with Gasteiger partial charge in [-0.15, -0.1) is 6.58 Å². The molecule has 0 fully saturated rings. The van der Waals surface area contributed by atoms with E-state index in [1.807, 2.05) is 30.3 Å².